The predicted molar refractivity (Wildman–Crippen MR) is 138 cm³/mol. The number of aryl methyl sites for hydroxylation is 1. The smallest absolute Gasteiger partial charge is 0.332 e. The van der Waals surface area contributed by atoms with E-state index in [1.54, 1.807) is 0 Å². The molecule has 1 N–H and O–H groups in total. The summed E-state index contributed by atoms with van der Waals surface area (Å²) in [6.07, 6.45) is 2.63. The Morgan fingerprint density at radius 3 is 2.00 bits per heavy atom. The number of hydrogen-bond acceptors (Lipinski definition) is 5. The summed E-state index contributed by atoms with van der Waals surface area (Å²) >= 11 is 5.60. The molecule has 0 amide bonds. The van der Waals surface area contributed by atoms with Crippen LogP contribution in [0.5, 0.6) is 0 Å². The molecule has 2 aromatic heterocycles. The van der Waals surface area contributed by atoms with Crippen LogP contribution in [0.1, 0.15) is 30.1 Å². The van der Waals surface area contributed by atoms with E-state index in [0.29, 0.717) is 6.10 Å². The Bertz CT molecular complexity index is 1330. The number of ether oxygens (including phenoxy) is 1. The van der Waals surface area contributed by atoms with Gasteiger partial charge in [0.05, 0.1) is 6.10 Å². The van der Waals surface area contributed by atoms with Crippen LogP contribution in [0.15, 0.2) is 70.3 Å². The number of aromatic nitrogens is 4. The highest BCUT2D eigenvalue weighted by molar-refractivity contribution is 6.28. The molecule has 1 fully saturated rings. The molecule has 3 heterocycles. The second-order valence-electron chi connectivity index (χ2n) is 8.77. The van der Waals surface area contributed by atoms with Crippen molar-refractivity contribution in [3.8, 4) is 0 Å². The van der Waals surface area contributed by atoms with Crippen molar-refractivity contribution in [3.05, 3.63) is 97.9 Å². The number of rotatable bonds is 4. The third-order valence-electron chi connectivity index (χ3n) is 6.26. The van der Waals surface area contributed by atoms with Crippen molar-refractivity contribution in [3.63, 3.8) is 0 Å². The number of likely N-dealkylation sites (tertiary alicyclic amines) is 1. The Morgan fingerprint density at radius 2 is 1.46 bits per heavy atom. The molecule has 1 aliphatic rings. The first kappa shape index (κ1) is 24.9. The Kier molecular flexibility index (Phi) is 7.85. The molecule has 0 spiro atoms. The topological polar surface area (TPSA) is 85.2 Å². The van der Waals surface area contributed by atoms with Gasteiger partial charge in [-0.3, -0.25) is 13.9 Å². The molecule has 1 aliphatic heterocycles. The summed E-state index contributed by atoms with van der Waals surface area (Å²) in [4.78, 5) is 31.8. The van der Waals surface area contributed by atoms with E-state index in [0.717, 1.165) is 30.5 Å². The van der Waals surface area contributed by atoms with Gasteiger partial charge in [-0.15, -0.1) is 0 Å². The molecule has 4 aromatic rings. The minimum Gasteiger partial charge on any atom is -0.365 e. The largest absolute Gasteiger partial charge is 0.365 e. The third-order valence-corrected chi connectivity index (χ3v) is 6.44. The number of aromatic amines is 1. The van der Waals surface area contributed by atoms with Crippen LogP contribution in [-0.4, -0.2) is 50.2 Å². The lowest BCUT2D eigenvalue weighted by Gasteiger charge is -2.32. The fourth-order valence-corrected chi connectivity index (χ4v) is 4.39. The third kappa shape index (κ3) is 5.73. The van der Waals surface area contributed by atoms with Gasteiger partial charge in [0.1, 0.15) is 6.10 Å². The predicted octanol–water partition coefficient (Wildman–Crippen LogP) is 3.50. The van der Waals surface area contributed by atoms with E-state index in [9.17, 15) is 9.59 Å². The highest BCUT2D eigenvalue weighted by Crippen LogP contribution is 2.29. The van der Waals surface area contributed by atoms with E-state index in [4.69, 9.17) is 16.3 Å². The van der Waals surface area contributed by atoms with E-state index in [1.165, 1.54) is 29.8 Å². The lowest BCUT2D eigenvalue weighted by atomic mass is 10.00. The molecule has 35 heavy (non-hydrogen) atoms. The van der Waals surface area contributed by atoms with E-state index in [1.807, 2.05) is 0 Å². The molecule has 0 radical (unpaired) electrons. The van der Waals surface area contributed by atoms with Crippen LogP contribution in [0.4, 0.5) is 0 Å². The zero-order valence-corrected chi connectivity index (χ0v) is 20.9. The Morgan fingerprint density at radius 1 is 0.914 bits per heavy atom. The standard InChI is InChI=1S/C19H23NO.C7H7ClN4O2/c1-20-14-12-18(13-15-20)21-19(16-8-4-2-5-9-16)17-10-6-3-7-11-17;1-11-4-3(9-6(8)10-4)5(13)12(2)7(11)14/h2-11,18-19H,12-15H2,1H3;1-2H3,(H,9,10). The van der Waals surface area contributed by atoms with Gasteiger partial charge in [0.2, 0.25) is 5.28 Å². The highest BCUT2D eigenvalue weighted by Gasteiger charge is 2.23. The normalized spacial score (nSPS) is 14.8. The van der Waals surface area contributed by atoms with Crippen LogP contribution in [0, 0.1) is 0 Å². The van der Waals surface area contributed by atoms with E-state index in [-0.39, 0.29) is 22.6 Å². The van der Waals surface area contributed by atoms with Gasteiger partial charge in [0.25, 0.3) is 5.56 Å². The molecular weight excluding hydrogens is 466 g/mol. The zero-order valence-electron chi connectivity index (χ0n) is 20.1. The number of halogens is 1. The van der Waals surface area contributed by atoms with Gasteiger partial charge in [0.15, 0.2) is 11.2 Å². The number of imidazole rings is 1. The Hall–Kier alpha value is -3.20. The van der Waals surface area contributed by atoms with E-state index < -0.39 is 11.2 Å². The number of nitrogens with zero attached hydrogens (tertiary/aromatic N) is 4. The first-order chi connectivity index (χ1) is 16.8. The number of hydrogen-bond donors (Lipinski definition) is 1. The highest BCUT2D eigenvalue weighted by atomic mass is 35.5. The Labute approximate surface area is 208 Å². The molecule has 0 aliphatic carbocycles. The van der Waals surface area contributed by atoms with Crippen molar-refractivity contribution in [2.45, 2.75) is 25.0 Å². The van der Waals surface area contributed by atoms with Crippen molar-refractivity contribution in [1.29, 1.82) is 0 Å². The molecule has 2 aromatic carbocycles. The van der Waals surface area contributed by atoms with Crippen molar-refractivity contribution in [2.24, 2.45) is 14.1 Å². The molecule has 5 rings (SSSR count). The molecule has 1 saturated heterocycles. The average Bonchev–Trinajstić information content (AvgIpc) is 3.29. The van der Waals surface area contributed by atoms with Crippen LogP contribution < -0.4 is 11.2 Å². The second-order valence-corrected chi connectivity index (χ2v) is 9.13. The first-order valence-corrected chi connectivity index (χ1v) is 12.0. The molecule has 0 bridgehead atoms. The molecule has 184 valence electrons. The van der Waals surface area contributed by atoms with Gasteiger partial charge >= 0.3 is 5.69 Å². The van der Waals surface area contributed by atoms with Gasteiger partial charge in [-0.05, 0) is 42.6 Å². The summed E-state index contributed by atoms with van der Waals surface area (Å²) in [6, 6.07) is 21.1. The molecule has 0 unspecified atom stereocenters. The average molecular weight is 496 g/mol. The van der Waals surface area contributed by atoms with Crippen LogP contribution in [0.2, 0.25) is 5.28 Å². The number of H-pyrrole nitrogens is 1. The monoisotopic (exact) mass is 495 g/mol. The molecule has 9 heteroatoms. The number of benzene rings is 2. The molecule has 0 saturated carbocycles. The van der Waals surface area contributed by atoms with Crippen LogP contribution in [0.3, 0.4) is 0 Å². The van der Waals surface area contributed by atoms with Crippen molar-refractivity contribution in [2.75, 3.05) is 20.1 Å². The summed E-state index contributed by atoms with van der Waals surface area (Å²) in [6.45, 7) is 2.25. The lowest BCUT2D eigenvalue weighted by Crippen LogP contribution is -2.36. The van der Waals surface area contributed by atoms with Crippen molar-refractivity contribution >= 4 is 22.8 Å². The van der Waals surface area contributed by atoms with Crippen LogP contribution in [-0.2, 0) is 18.8 Å². The van der Waals surface area contributed by atoms with Crippen molar-refractivity contribution in [1.82, 2.24) is 24.0 Å². The van der Waals surface area contributed by atoms with Crippen LogP contribution in [0.25, 0.3) is 11.2 Å². The van der Waals surface area contributed by atoms with Gasteiger partial charge in [-0.1, -0.05) is 60.7 Å². The summed E-state index contributed by atoms with van der Waals surface area (Å²) in [5.74, 6) is 0. The van der Waals surface area contributed by atoms with E-state index in [2.05, 4.69) is 82.6 Å². The molecular formula is C26H30ClN5O3. The second kappa shape index (κ2) is 11.0. The Balaban J connectivity index is 0.000000179. The maximum atomic E-state index is 11.5. The maximum Gasteiger partial charge on any atom is 0.332 e. The molecule has 8 nitrogen and oxygen atoms in total. The summed E-state index contributed by atoms with van der Waals surface area (Å²) < 4.78 is 8.75. The first-order valence-electron chi connectivity index (χ1n) is 11.6. The molecule has 0 atom stereocenters. The van der Waals surface area contributed by atoms with Gasteiger partial charge < -0.3 is 14.6 Å². The van der Waals surface area contributed by atoms with Gasteiger partial charge in [-0.2, -0.15) is 4.98 Å². The fourth-order valence-electron chi connectivity index (χ4n) is 4.22. The number of fused-ring (bicyclic) bond motifs is 1. The lowest BCUT2D eigenvalue weighted by molar-refractivity contribution is -0.0234. The number of nitrogens with one attached hydrogen (secondary N) is 1. The number of piperidine rings is 1. The maximum absolute atomic E-state index is 11.5. The zero-order chi connectivity index (χ0) is 24.9. The van der Waals surface area contributed by atoms with Gasteiger partial charge in [0, 0.05) is 27.2 Å². The summed E-state index contributed by atoms with van der Waals surface area (Å²) in [5, 5.41) is 0.0956. The SMILES string of the molecule is CN1CCC(OC(c2ccccc2)c2ccccc2)CC1.Cn1c(=O)c2[nH]c(Cl)nc2n(C)c1=O. The van der Waals surface area contributed by atoms with Crippen LogP contribution >= 0.6 is 11.6 Å². The quantitative estimate of drug-likeness (QED) is 0.438. The minimum atomic E-state index is -0.428. The summed E-state index contributed by atoms with van der Waals surface area (Å²) in [5.41, 5.74) is 2.13. The van der Waals surface area contributed by atoms with Gasteiger partial charge in [-0.25, -0.2) is 4.79 Å². The summed E-state index contributed by atoms with van der Waals surface area (Å²) in [7, 11) is 5.11. The van der Waals surface area contributed by atoms with Crippen molar-refractivity contribution < 1.29 is 4.74 Å². The minimum absolute atomic E-state index is 0.0424. The fraction of sp³-hybridized carbons (Fsp3) is 0.346. The van der Waals surface area contributed by atoms with E-state index >= 15 is 0 Å².